The molecule has 2 saturated heterocycles. The van der Waals surface area contributed by atoms with Crippen molar-refractivity contribution in [2.24, 2.45) is 0 Å². The average Bonchev–Trinajstić information content (AvgIpc) is 2.86. The van der Waals surface area contributed by atoms with E-state index in [0.717, 1.165) is 21.5 Å². The van der Waals surface area contributed by atoms with E-state index in [-0.39, 0.29) is 6.54 Å². The lowest BCUT2D eigenvalue weighted by molar-refractivity contribution is -0.159. The maximum absolute atomic E-state index is 12.4. The Labute approximate surface area is 125 Å². The highest BCUT2D eigenvalue weighted by Gasteiger charge is 2.41. The number of nitrogens with zero attached hydrogens (tertiary/aromatic N) is 3. The quantitative estimate of drug-likeness (QED) is 0.727. The summed E-state index contributed by atoms with van der Waals surface area (Å²) in [5.74, 6) is 0.480. The molecule has 1 amide bonds. The molecule has 4 nitrogen and oxygen atoms in total. The summed E-state index contributed by atoms with van der Waals surface area (Å²) in [4.78, 5) is 16.7. The summed E-state index contributed by atoms with van der Waals surface area (Å²) >= 11 is 6.76. The zero-order valence-electron chi connectivity index (χ0n) is 11.0. The third kappa shape index (κ3) is 3.76. The van der Waals surface area contributed by atoms with E-state index < -0.39 is 24.7 Å². The number of likely N-dealkylation sites (N-methyl/N-ethyl adjacent to an activating group) is 1. The molecule has 0 spiro atoms. The summed E-state index contributed by atoms with van der Waals surface area (Å²) in [6.07, 6.45) is -3.91. The van der Waals surface area contributed by atoms with Gasteiger partial charge in [0.15, 0.2) is 0 Å². The van der Waals surface area contributed by atoms with E-state index in [1.54, 1.807) is 23.7 Å². The van der Waals surface area contributed by atoms with Crippen LogP contribution in [0.4, 0.5) is 13.2 Å². The van der Waals surface area contributed by atoms with Crippen LogP contribution in [0.2, 0.25) is 0 Å². The zero-order chi connectivity index (χ0) is 14.9. The third-order valence-electron chi connectivity index (χ3n) is 3.41. The lowest BCUT2D eigenvalue weighted by Gasteiger charge is -2.29. The number of hydrogen-bond donors (Lipinski definition) is 0. The predicted octanol–water partition coefficient (Wildman–Crippen LogP) is 1.37. The van der Waals surface area contributed by atoms with Crippen LogP contribution < -0.4 is 0 Å². The second-order valence-corrected chi connectivity index (χ2v) is 6.68. The minimum absolute atomic E-state index is 0.159. The van der Waals surface area contributed by atoms with E-state index in [9.17, 15) is 18.0 Å². The Morgan fingerprint density at radius 2 is 2.10 bits per heavy atom. The highest BCUT2D eigenvalue weighted by molar-refractivity contribution is 8.23. The normalized spacial score (nSPS) is 24.4. The maximum atomic E-state index is 12.4. The van der Waals surface area contributed by atoms with Gasteiger partial charge < -0.3 is 9.80 Å². The lowest BCUT2D eigenvalue weighted by Crippen LogP contribution is -2.46. The number of thiocarbonyl (C=S) groups is 1. The Bertz CT molecular complexity index is 405. The van der Waals surface area contributed by atoms with Gasteiger partial charge in [-0.15, -0.1) is 0 Å². The monoisotopic (exact) mass is 327 g/mol. The molecule has 2 aliphatic heterocycles. The van der Waals surface area contributed by atoms with Crippen LogP contribution in [-0.4, -0.2) is 76.2 Å². The van der Waals surface area contributed by atoms with Crippen LogP contribution in [-0.2, 0) is 4.79 Å². The Balaban J connectivity index is 1.90. The Kier molecular flexibility index (Phi) is 4.80. The minimum atomic E-state index is -4.34. The number of likely N-dealkylation sites (tertiary alicyclic amines) is 1. The molecule has 0 aromatic heterocycles. The number of halogens is 3. The van der Waals surface area contributed by atoms with Gasteiger partial charge in [-0.3, -0.25) is 9.69 Å². The fraction of sp³-hybridized carbons (Fsp3) is 0.818. The smallest absolute Gasteiger partial charge is 0.344 e. The Hall–Kier alpha value is -0.540. The molecule has 0 saturated carbocycles. The van der Waals surface area contributed by atoms with Gasteiger partial charge in [-0.05, 0) is 13.5 Å². The van der Waals surface area contributed by atoms with Crippen LogP contribution in [0.3, 0.4) is 0 Å². The first-order chi connectivity index (χ1) is 9.28. The molecular formula is C11H16F3N3OS2. The predicted molar refractivity (Wildman–Crippen MR) is 75.4 cm³/mol. The van der Waals surface area contributed by atoms with Crippen molar-refractivity contribution in [3.63, 3.8) is 0 Å². The summed E-state index contributed by atoms with van der Waals surface area (Å²) in [6, 6.07) is -0.481. The largest absolute Gasteiger partial charge is 0.406 e. The lowest BCUT2D eigenvalue weighted by atomic mass is 10.2. The van der Waals surface area contributed by atoms with Crippen LogP contribution in [0.5, 0.6) is 0 Å². The molecule has 2 rings (SSSR count). The van der Waals surface area contributed by atoms with E-state index in [0.29, 0.717) is 13.1 Å². The van der Waals surface area contributed by atoms with Crippen molar-refractivity contribution in [3.8, 4) is 0 Å². The number of amides is 1. The van der Waals surface area contributed by atoms with Crippen LogP contribution in [0.25, 0.3) is 0 Å². The number of carbonyl (C=O) groups excluding carboxylic acids is 1. The van der Waals surface area contributed by atoms with E-state index in [4.69, 9.17) is 12.2 Å². The van der Waals surface area contributed by atoms with Crippen LogP contribution in [0.15, 0.2) is 0 Å². The molecule has 0 aromatic carbocycles. The van der Waals surface area contributed by atoms with Gasteiger partial charge in [0.2, 0.25) is 5.91 Å². The van der Waals surface area contributed by atoms with Gasteiger partial charge in [0.25, 0.3) is 0 Å². The van der Waals surface area contributed by atoms with Crippen LogP contribution in [0, 0.1) is 0 Å². The van der Waals surface area contributed by atoms with Crippen molar-refractivity contribution in [2.45, 2.75) is 18.6 Å². The molecule has 1 atom stereocenters. The van der Waals surface area contributed by atoms with Gasteiger partial charge in [0, 0.05) is 18.8 Å². The van der Waals surface area contributed by atoms with Crippen molar-refractivity contribution in [1.82, 2.24) is 14.7 Å². The van der Waals surface area contributed by atoms with Gasteiger partial charge in [-0.1, -0.05) is 24.0 Å². The Morgan fingerprint density at radius 1 is 1.40 bits per heavy atom. The fourth-order valence-electron chi connectivity index (χ4n) is 2.43. The summed E-state index contributed by atoms with van der Waals surface area (Å²) in [5, 5.41) is 0. The number of thioether (sulfide) groups is 1. The standard InChI is InChI=1S/C11H16F3N3OS2/c1-15(7-17-4-5-20-10(17)19)8-2-3-16(9(8)18)6-11(12,13)14/h8H,2-7H2,1H3/t8-/m0/s1. The van der Waals surface area contributed by atoms with Crippen molar-refractivity contribution < 1.29 is 18.0 Å². The van der Waals surface area contributed by atoms with Crippen molar-refractivity contribution in [2.75, 3.05) is 39.1 Å². The molecule has 0 radical (unpaired) electrons. The number of alkyl halides is 3. The van der Waals surface area contributed by atoms with Gasteiger partial charge in [0.05, 0.1) is 12.7 Å². The fourth-order valence-corrected chi connectivity index (χ4v) is 3.64. The first-order valence-corrected chi connectivity index (χ1v) is 7.65. The second-order valence-electron chi connectivity index (χ2n) is 4.96. The zero-order valence-corrected chi connectivity index (χ0v) is 12.7. The van der Waals surface area contributed by atoms with Crippen molar-refractivity contribution in [1.29, 1.82) is 0 Å². The summed E-state index contributed by atoms with van der Waals surface area (Å²) < 4.78 is 37.8. The van der Waals surface area contributed by atoms with Crippen LogP contribution >= 0.6 is 24.0 Å². The SMILES string of the molecule is CN(CN1CCSC1=S)[C@H]1CCN(CC(F)(F)F)C1=O. The molecular weight excluding hydrogens is 311 g/mol. The molecule has 20 heavy (non-hydrogen) atoms. The van der Waals surface area contributed by atoms with E-state index in [2.05, 4.69) is 0 Å². The van der Waals surface area contributed by atoms with Gasteiger partial charge in [-0.2, -0.15) is 13.2 Å². The second kappa shape index (κ2) is 6.07. The maximum Gasteiger partial charge on any atom is 0.406 e. The third-order valence-corrected chi connectivity index (χ3v) is 4.91. The average molecular weight is 327 g/mol. The molecule has 0 N–H and O–H groups in total. The molecule has 0 unspecified atom stereocenters. The van der Waals surface area contributed by atoms with Crippen molar-refractivity contribution in [3.05, 3.63) is 0 Å². The summed E-state index contributed by atoms with van der Waals surface area (Å²) in [6.45, 7) is 0.309. The molecule has 2 aliphatic rings. The van der Waals surface area contributed by atoms with Gasteiger partial charge in [-0.25, -0.2) is 0 Å². The van der Waals surface area contributed by atoms with E-state index in [1.807, 2.05) is 4.90 Å². The molecule has 0 aromatic rings. The molecule has 0 aliphatic carbocycles. The van der Waals surface area contributed by atoms with Gasteiger partial charge >= 0.3 is 6.18 Å². The van der Waals surface area contributed by atoms with Crippen LogP contribution in [0.1, 0.15) is 6.42 Å². The Morgan fingerprint density at radius 3 is 2.65 bits per heavy atom. The minimum Gasteiger partial charge on any atom is -0.344 e. The summed E-state index contributed by atoms with van der Waals surface area (Å²) in [7, 11) is 1.76. The van der Waals surface area contributed by atoms with Gasteiger partial charge in [0.1, 0.15) is 10.9 Å². The first kappa shape index (κ1) is 15.8. The molecule has 114 valence electrons. The van der Waals surface area contributed by atoms with E-state index in [1.165, 1.54) is 0 Å². The molecule has 9 heteroatoms. The van der Waals surface area contributed by atoms with Crippen molar-refractivity contribution >= 4 is 34.2 Å². The van der Waals surface area contributed by atoms with E-state index >= 15 is 0 Å². The number of hydrogen-bond acceptors (Lipinski definition) is 4. The number of rotatable bonds is 4. The highest BCUT2D eigenvalue weighted by Crippen LogP contribution is 2.24. The molecule has 2 heterocycles. The summed E-state index contributed by atoms with van der Waals surface area (Å²) in [5.41, 5.74) is 0. The molecule has 0 bridgehead atoms. The number of carbonyl (C=O) groups is 1. The molecule has 2 fully saturated rings. The topological polar surface area (TPSA) is 26.8 Å². The highest BCUT2D eigenvalue weighted by atomic mass is 32.2. The first-order valence-electron chi connectivity index (χ1n) is 6.25.